The van der Waals surface area contributed by atoms with Crippen molar-refractivity contribution in [1.29, 1.82) is 0 Å². The standard InChI is InChI=1S/C44H30Cl2F5N5O5/c1-54(2)22-11-7-20(8-12-22)52-53-21-9-13-23(14-10-21)55-39(58)28-16-15-27-29(31(28)40(55)59)19-43(45)41(60)56(38-36(50)34(48)33(47)35(49)37(38)51)42(61)44(43,46)32(27)26-17-18-30(57)25-6-4-3-5-24(25)26/h3-15,17-18,28-29,31-32,57H,16,19H2,1-2H3. The van der Waals surface area contributed by atoms with Gasteiger partial charge in [-0.2, -0.15) is 10.2 Å². The van der Waals surface area contributed by atoms with Crippen LogP contribution in [0, 0.1) is 46.8 Å². The van der Waals surface area contributed by atoms with E-state index in [2.05, 4.69) is 10.2 Å². The zero-order valence-corrected chi connectivity index (χ0v) is 33.4. The molecule has 10 nitrogen and oxygen atoms in total. The van der Waals surface area contributed by atoms with Crippen molar-refractivity contribution in [2.24, 2.45) is 28.0 Å². The Morgan fingerprint density at radius 1 is 0.689 bits per heavy atom. The van der Waals surface area contributed by atoms with Crippen LogP contribution in [0.4, 0.5) is 50.4 Å². The van der Waals surface area contributed by atoms with E-state index in [-0.39, 0.29) is 39.3 Å². The van der Waals surface area contributed by atoms with Crippen LogP contribution in [0.1, 0.15) is 24.3 Å². The van der Waals surface area contributed by atoms with Crippen LogP contribution in [0.2, 0.25) is 0 Å². The summed E-state index contributed by atoms with van der Waals surface area (Å²) in [5, 5.41) is 19.9. The second-order valence-corrected chi connectivity index (χ2v) is 16.8. The highest BCUT2D eigenvalue weighted by Gasteiger charge is 2.77. The SMILES string of the molecule is CN(C)c1ccc(N=Nc2ccc(N3C(=O)C4CC=C5C(CC6(Cl)C(=O)N(c7c(F)c(F)c(F)c(F)c7F)C(=O)C6(Cl)C5c5ccc(O)c6ccccc56)C4C3=O)cc2)cc1. The van der Waals surface area contributed by atoms with Crippen molar-refractivity contribution < 1.29 is 46.2 Å². The number of phenols is 1. The number of hydrogen-bond donors (Lipinski definition) is 1. The van der Waals surface area contributed by atoms with Gasteiger partial charge in [0, 0.05) is 31.1 Å². The van der Waals surface area contributed by atoms with E-state index in [1.807, 2.05) is 31.1 Å². The predicted octanol–water partition coefficient (Wildman–Crippen LogP) is 9.49. The van der Waals surface area contributed by atoms with E-state index in [0.717, 1.165) is 10.6 Å². The van der Waals surface area contributed by atoms with Crippen LogP contribution in [-0.2, 0) is 19.2 Å². The molecule has 9 rings (SSSR count). The fraction of sp³-hybridized carbons (Fsp3) is 0.227. The summed E-state index contributed by atoms with van der Waals surface area (Å²) in [7, 11) is 3.82. The number of hydrogen-bond acceptors (Lipinski definition) is 8. The lowest BCUT2D eigenvalue weighted by Crippen LogP contribution is -2.60. The van der Waals surface area contributed by atoms with Gasteiger partial charge in [0.05, 0.1) is 28.9 Å². The minimum Gasteiger partial charge on any atom is -0.507 e. The lowest BCUT2D eigenvalue weighted by Gasteiger charge is -2.51. The number of alkyl halides is 2. The van der Waals surface area contributed by atoms with Gasteiger partial charge in [-0.25, -0.2) is 26.9 Å². The maximum atomic E-state index is 15.5. The summed E-state index contributed by atoms with van der Waals surface area (Å²) in [5.41, 5.74) is 0.789. The van der Waals surface area contributed by atoms with Gasteiger partial charge in [0.25, 0.3) is 11.8 Å². The fourth-order valence-electron chi connectivity index (χ4n) is 9.33. The molecule has 3 fully saturated rings. The molecule has 2 aliphatic heterocycles. The van der Waals surface area contributed by atoms with Crippen LogP contribution in [0.3, 0.4) is 0 Å². The molecule has 5 aromatic rings. The Labute approximate surface area is 353 Å². The Morgan fingerprint density at radius 2 is 1.26 bits per heavy atom. The molecule has 0 spiro atoms. The second kappa shape index (κ2) is 14.2. The molecule has 6 unspecified atom stereocenters. The van der Waals surface area contributed by atoms with Crippen LogP contribution in [-0.4, -0.2) is 52.6 Å². The Hall–Kier alpha value is -6.19. The third-order valence-electron chi connectivity index (χ3n) is 12.2. The molecular weight excluding hydrogens is 844 g/mol. The van der Waals surface area contributed by atoms with Gasteiger partial charge in [-0.05, 0) is 84.3 Å². The first-order valence-electron chi connectivity index (χ1n) is 18.9. The average molecular weight is 875 g/mol. The van der Waals surface area contributed by atoms with Crippen molar-refractivity contribution in [2.75, 3.05) is 28.8 Å². The molecule has 4 aliphatic rings. The number of rotatable bonds is 6. The van der Waals surface area contributed by atoms with E-state index in [0.29, 0.717) is 16.8 Å². The number of halogens is 7. The maximum Gasteiger partial charge on any atom is 0.258 e. The molecule has 310 valence electrons. The summed E-state index contributed by atoms with van der Waals surface area (Å²) < 4.78 is 74.4. The van der Waals surface area contributed by atoms with Gasteiger partial charge in [0.2, 0.25) is 17.6 Å². The number of allylic oxidation sites excluding steroid dienone is 2. The van der Waals surface area contributed by atoms with E-state index in [1.165, 1.54) is 24.3 Å². The molecule has 0 aromatic heterocycles. The summed E-state index contributed by atoms with van der Waals surface area (Å²) in [5.74, 6) is -21.8. The molecule has 2 aliphatic carbocycles. The lowest BCUT2D eigenvalue weighted by atomic mass is 9.56. The first kappa shape index (κ1) is 40.2. The van der Waals surface area contributed by atoms with Crippen LogP contribution in [0.25, 0.3) is 10.8 Å². The molecular formula is C44H30Cl2F5N5O5. The summed E-state index contributed by atoms with van der Waals surface area (Å²) in [6, 6.07) is 22.6. The zero-order chi connectivity index (χ0) is 43.4. The zero-order valence-electron chi connectivity index (χ0n) is 31.8. The number of amides is 4. The molecule has 17 heteroatoms. The molecule has 2 saturated heterocycles. The van der Waals surface area contributed by atoms with Crippen molar-refractivity contribution in [3.05, 3.63) is 131 Å². The number of aromatic hydroxyl groups is 1. The molecule has 6 atom stereocenters. The molecule has 4 amide bonds. The molecule has 61 heavy (non-hydrogen) atoms. The summed E-state index contributed by atoms with van der Waals surface area (Å²) in [6.45, 7) is 0. The van der Waals surface area contributed by atoms with E-state index in [4.69, 9.17) is 23.2 Å². The van der Waals surface area contributed by atoms with Crippen molar-refractivity contribution in [3.8, 4) is 5.75 Å². The number of fused-ring (bicyclic) bond motifs is 5. The number of nitrogens with zero attached hydrogens (tertiary/aromatic N) is 5. The Balaban J connectivity index is 1.13. The topological polar surface area (TPSA) is 123 Å². The van der Waals surface area contributed by atoms with E-state index in [1.54, 1.807) is 54.6 Å². The van der Waals surface area contributed by atoms with Gasteiger partial charge in [0.1, 0.15) is 11.4 Å². The Bertz CT molecular complexity index is 2800. The smallest absolute Gasteiger partial charge is 0.258 e. The van der Waals surface area contributed by atoms with Crippen LogP contribution in [0.15, 0.2) is 107 Å². The maximum absolute atomic E-state index is 15.5. The summed E-state index contributed by atoms with van der Waals surface area (Å²) in [4.78, 5) is 55.4. The van der Waals surface area contributed by atoms with Crippen LogP contribution < -0.4 is 14.7 Å². The molecule has 0 radical (unpaired) electrons. The third-order valence-corrected chi connectivity index (χ3v) is 13.6. The van der Waals surface area contributed by atoms with Crippen molar-refractivity contribution in [3.63, 3.8) is 0 Å². The lowest BCUT2D eigenvalue weighted by molar-refractivity contribution is -0.125. The highest BCUT2D eigenvalue weighted by atomic mass is 35.5. The molecule has 1 saturated carbocycles. The quantitative estimate of drug-likeness (QED) is 0.0345. The van der Waals surface area contributed by atoms with E-state index in [9.17, 15) is 37.5 Å². The van der Waals surface area contributed by atoms with Crippen LogP contribution >= 0.6 is 23.2 Å². The average Bonchev–Trinajstić information content (AvgIpc) is 3.59. The summed E-state index contributed by atoms with van der Waals surface area (Å²) >= 11 is 14.6. The fourth-order valence-corrected chi connectivity index (χ4v) is 10.3. The molecule has 1 N–H and O–H groups in total. The number of anilines is 3. The predicted molar refractivity (Wildman–Crippen MR) is 216 cm³/mol. The minimum absolute atomic E-state index is 0.0469. The van der Waals surface area contributed by atoms with E-state index < -0.39 is 98.2 Å². The largest absolute Gasteiger partial charge is 0.507 e. The minimum atomic E-state index is -2.72. The number of imide groups is 2. The van der Waals surface area contributed by atoms with Gasteiger partial charge >= 0.3 is 0 Å². The number of benzene rings is 5. The first-order chi connectivity index (χ1) is 29.0. The second-order valence-electron chi connectivity index (χ2n) is 15.6. The molecule has 0 bridgehead atoms. The Morgan fingerprint density at radius 3 is 1.87 bits per heavy atom. The van der Waals surface area contributed by atoms with Gasteiger partial charge in [-0.15, -0.1) is 23.2 Å². The molecule has 2 heterocycles. The van der Waals surface area contributed by atoms with Crippen molar-refractivity contribution in [2.45, 2.75) is 28.5 Å². The van der Waals surface area contributed by atoms with Crippen molar-refractivity contribution in [1.82, 2.24) is 0 Å². The van der Waals surface area contributed by atoms with Gasteiger partial charge in [-0.3, -0.25) is 24.1 Å². The van der Waals surface area contributed by atoms with E-state index >= 15 is 8.78 Å². The number of phenolic OH excluding ortho intramolecular Hbond substituents is 1. The number of azo groups is 1. The highest BCUT2D eigenvalue weighted by Crippen LogP contribution is 2.66. The molecule has 5 aromatic carbocycles. The van der Waals surface area contributed by atoms with Gasteiger partial charge in [-0.1, -0.05) is 42.0 Å². The third kappa shape index (κ3) is 5.66. The first-order valence-corrected chi connectivity index (χ1v) is 19.6. The van der Waals surface area contributed by atoms with Gasteiger partial charge in [0.15, 0.2) is 33.0 Å². The monoisotopic (exact) mass is 873 g/mol. The Kier molecular flexibility index (Phi) is 9.36. The normalized spacial score (nSPS) is 26.0. The van der Waals surface area contributed by atoms with Gasteiger partial charge < -0.3 is 10.0 Å². The summed E-state index contributed by atoms with van der Waals surface area (Å²) in [6.07, 6.45) is 0.908. The number of carbonyl (C=O) groups is 4. The highest BCUT2D eigenvalue weighted by molar-refractivity contribution is 6.58. The van der Waals surface area contributed by atoms with Crippen LogP contribution in [0.5, 0.6) is 5.75 Å². The van der Waals surface area contributed by atoms with Crippen molar-refractivity contribution >= 4 is 86.0 Å². The number of carbonyl (C=O) groups excluding carboxylic acids is 4.